The molecule has 1 fully saturated rings. The number of esters is 1. The van der Waals surface area contributed by atoms with Crippen LogP contribution < -0.4 is 5.32 Å². The summed E-state index contributed by atoms with van der Waals surface area (Å²) in [5, 5.41) is 20.8. The number of nitrogens with one attached hydrogen (secondary N) is 1. The van der Waals surface area contributed by atoms with E-state index in [1.54, 1.807) is 24.3 Å². The average molecular weight is 513 g/mol. The van der Waals surface area contributed by atoms with E-state index in [4.69, 9.17) is 26.8 Å². The molecule has 8 nitrogen and oxygen atoms in total. The fraction of sp³-hybridized carbons (Fsp3) is 0.370. The van der Waals surface area contributed by atoms with Gasteiger partial charge < -0.3 is 10.1 Å². The molecule has 0 bridgehead atoms. The number of hydrogen-bond donors (Lipinski definition) is 3. The number of rotatable bonds is 9. The van der Waals surface area contributed by atoms with Gasteiger partial charge in [0.15, 0.2) is 0 Å². The van der Waals surface area contributed by atoms with Gasteiger partial charge in [-0.05, 0) is 43.4 Å². The lowest BCUT2D eigenvalue weighted by atomic mass is 9.98. The number of carbonyl (C=O) groups excluding carboxylic acids is 3. The zero-order chi connectivity index (χ0) is 25.9. The minimum absolute atomic E-state index is 0.0770. The second-order valence-corrected chi connectivity index (χ2v) is 9.07. The van der Waals surface area contributed by atoms with Gasteiger partial charge in [-0.2, -0.15) is 0 Å². The predicted octanol–water partition coefficient (Wildman–Crippen LogP) is 3.91. The Kier molecular flexibility index (Phi) is 10.3. The lowest BCUT2D eigenvalue weighted by Crippen LogP contribution is -2.47. The van der Waals surface area contributed by atoms with Crippen LogP contribution in [0.3, 0.4) is 0 Å². The summed E-state index contributed by atoms with van der Waals surface area (Å²) in [5.41, 5.74) is 1.38. The predicted molar refractivity (Wildman–Crippen MR) is 132 cm³/mol. The Labute approximate surface area is 215 Å². The number of nitrogens with zero attached hydrogens (tertiary/aromatic N) is 1. The molecule has 0 aliphatic heterocycles. The van der Waals surface area contributed by atoms with Crippen LogP contribution in [0.25, 0.3) is 0 Å². The molecule has 9 heteroatoms. The van der Waals surface area contributed by atoms with Crippen molar-refractivity contribution in [1.29, 1.82) is 0 Å². The highest BCUT2D eigenvalue weighted by molar-refractivity contribution is 6.31. The third-order valence-corrected chi connectivity index (χ3v) is 6.26. The maximum absolute atomic E-state index is 13.2. The molecule has 2 aromatic rings. The van der Waals surface area contributed by atoms with Crippen molar-refractivity contribution in [1.82, 2.24) is 10.5 Å². The first-order valence-electron chi connectivity index (χ1n) is 11.8. The maximum Gasteiger partial charge on any atom is 0.329 e. The van der Waals surface area contributed by atoms with E-state index in [0.717, 1.165) is 31.2 Å². The fourth-order valence-electron chi connectivity index (χ4n) is 3.97. The minimum atomic E-state index is -1.08. The maximum atomic E-state index is 13.2. The second-order valence-electron chi connectivity index (χ2n) is 8.66. The summed E-state index contributed by atoms with van der Waals surface area (Å²) in [7, 11) is 0. The largest absolute Gasteiger partial charge is 0.461 e. The highest BCUT2D eigenvalue weighted by Crippen LogP contribution is 2.22. The van der Waals surface area contributed by atoms with Crippen LogP contribution in [0.2, 0.25) is 5.02 Å². The summed E-state index contributed by atoms with van der Waals surface area (Å²) in [5.74, 6) is 2.40. The standard InChI is InChI=1S/C27H29ClN2O6/c28-23-16-7-4-11-20(23)12-8-13-21(18-25(31)30(34)35)26(32)29-24(17-19-9-2-1-3-10-19)27(33)36-22-14-5-6-15-22/h1-4,7,9-11,16,21-22,24,34-35H,5-6,13-15,17-18H2,(H,29,32)/t21-,24+/m1/s1. The molecule has 0 saturated heterocycles. The van der Waals surface area contributed by atoms with Gasteiger partial charge in [0.1, 0.15) is 12.1 Å². The Morgan fingerprint density at radius 2 is 1.72 bits per heavy atom. The minimum Gasteiger partial charge on any atom is -0.461 e. The van der Waals surface area contributed by atoms with E-state index < -0.39 is 41.4 Å². The summed E-state index contributed by atoms with van der Waals surface area (Å²) >= 11 is 6.12. The van der Waals surface area contributed by atoms with E-state index in [2.05, 4.69) is 17.2 Å². The molecule has 190 valence electrons. The zero-order valence-electron chi connectivity index (χ0n) is 19.7. The molecule has 1 aliphatic carbocycles. The van der Waals surface area contributed by atoms with Crippen molar-refractivity contribution in [3.63, 3.8) is 0 Å². The van der Waals surface area contributed by atoms with Gasteiger partial charge in [-0.25, -0.2) is 4.79 Å². The van der Waals surface area contributed by atoms with Crippen LogP contribution in [-0.4, -0.2) is 45.6 Å². The topological polar surface area (TPSA) is 116 Å². The monoisotopic (exact) mass is 512 g/mol. The normalized spacial score (nSPS) is 14.8. The molecule has 3 N–H and O–H groups in total. The lowest BCUT2D eigenvalue weighted by molar-refractivity contribution is -0.285. The van der Waals surface area contributed by atoms with Crippen molar-refractivity contribution in [2.24, 2.45) is 5.92 Å². The molecule has 0 heterocycles. The number of benzene rings is 2. The molecule has 3 rings (SSSR count). The van der Waals surface area contributed by atoms with Crippen LogP contribution in [0.5, 0.6) is 0 Å². The molecule has 0 spiro atoms. The van der Waals surface area contributed by atoms with Crippen LogP contribution in [0.1, 0.15) is 49.7 Å². The summed E-state index contributed by atoms with van der Waals surface area (Å²) in [4.78, 5) is 38.2. The summed E-state index contributed by atoms with van der Waals surface area (Å²) in [6, 6.07) is 15.1. The van der Waals surface area contributed by atoms with E-state index in [1.807, 2.05) is 30.3 Å². The van der Waals surface area contributed by atoms with E-state index >= 15 is 0 Å². The first-order valence-corrected chi connectivity index (χ1v) is 12.2. The fourth-order valence-corrected chi connectivity index (χ4v) is 4.15. The first kappa shape index (κ1) is 27.2. The van der Waals surface area contributed by atoms with E-state index in [-0.39, 0.29) is 18.9 Å². The molecule has 2 atom stereocenters. The van der Waals surface area contributed by atoms with E-state index in [1.165, 1.54) is 0 Å². The lowest BCUT2D eigenvalue weighted by Gasteiger charge is -2.23. The Hall–Kier alpha value is -3.38. The highest BCUT2D eigenvalue weighted by Gasteiger charge is 2.31. The number of hydroxylamine groups is 2. The van der Waals surface area contributed by atoms with Gasteiger partial charge in [-0.1, -0.05) is 71.1 Å². The molecule has 2 aromatic carbocycles. The molecule has 1 aliphatic rings. The van der Waals surface area contributed by atoms with Gasteiger partial charge in [0.25, 0.3) is 5.91 Å². The average Bonchev–Trinajstić information content (AvgIpc) is 3.37. The Morgan fingerprint density at radius 3 is 2.39 bits per heavy atom. The molecule has 2 amide bonds. The van der Waals surface area contributed by atoms with Gasteiger partial charge in [0.05, 0.1) is 10.9 Å². The molecule has 0 aromatic heterocycles. The van der Waals surface area contributed by atoms with Crippen molar-refractivity contribution in [3.8, 4) is 11.8 Å². The van der Waals surface area contributed by atoms with Crippen LogP contribution in [0, 0.1) is 17.8 Å². The Morgan fingerprint density at radius 1 is 1.06 bits per heavy atom. The highest BCUT2D eigenvalue weighted by atomic mass is 35.5. The van der Waals surface area contributed by atoms with Crippen molar-refractivity contribution < 1.29 is 29.5 Å². The molecule has 36 heavy (non-hydrogen) atoms. The van der Waals surface area contributed by atoms with E-state index in [0.29, 0.717) is 10.6 Å². The number of hydrogen-bond acceptors (Lipinski definition) is 6. The van der Waals surface area contributed by atoms with Gasteiger partial charge in [0.2, 0.25) is 5.91 Å². The Bertz CT molecular complexity index is 1110. The molecular formula is C27H29ClN2O6. The van der Waals surface area contributed by atoms with Crippen molar-refractivity contribution in [2.45, 2.75) is 57.1 Å². The molecule has 1 saturated carbocycles. The Balaban J connectivity index is 1.76. The van der Waals surface area contributed by atoms with Crippen molar-refractivity contribution in [2.75, 3.05) is 0 Å². The number of ether oxygens (including phenoxy) is 1. The quantitative estimate of drug-likeness (QED) is 0.203. The van der Waals surface area contributed by atoms with E-state index in [9.17, 15) is 14.4 Å². The van der Waals surface area contributed by atoms with Gasteiger partial charge >= 0.3 is 5.97 Å². The summed E-state index contributed by atoms with van der Waals surface area (Å²) in [6.45, 7) is 0. The van der Waals surface area contributed by atoms with Crippen LogP contribution in [-0.2, 0) is 25.5 Å². The van der Waals surface area contributed by atoms with Crippen molar-refractivity contribution in [3.05, 3.63) is 70.7 Å². The first-order chi connectivity index (χ1) is 17.3. The van der Waals surface area contributed by atoms with Gasteiger partial charge in [-0.3, -0.25) is 20.0 Å². The summed E-state index contributed by atoms with van der Waals surface area (Å²) < 4.78 is 5.65. The zero-order valence-corrected chi connectivity index (χ0v) is 20.5. The van der Waals surface area contributed by atoms with Crippen LogP contribution in [0.4, 0.5) is 0 Å². The number of halogens is 1. The number of amides is 2. The molecular weight excluding hydrogens is 484 g/mol. The van der Waals surface area contributed by atoms with Gasteiger partial charge in [-0.15, -0.1) is 0 Å². The molecule has 0 unspecified atom stereocenters. The number of carbonyl (C=O) groups is 3. The van der Waals surface area contributed by atoms with Crippen LogP contribution >= 0.6 is 11.6 Å². The smallest absolute Gasteiger partial charge is 0.329 e. The van der Waals surface area contributed by atoms with Crippen LogP contribution in [0.15, 0.2) is 54.6 Å². The summed E-state index contributed by atoms with van der Waals surface area (Å²) in [6.07, 6.45) is 2.98. The van der Waals surface area contributed by atoms with Crippen molar-refractivity contribution >= 4 is 29.4 Å². The SMILES string of the molecule is O=C(N[C@@H](Cc1ccccc1)C(=O)OC1CCCC1)[C@H](CC#Cc1ccccc1Cl)CC(=O)N(O)O. The second kappa shape index (κ2) is 13.6. The third kappa shape index (κ3) is 8.38. The molecule has 0 radical (unpaired) electrons. The third-order valence-electron chi connectivity index (χ3n) is 5.93. The van der Waals surface area contributed by atoms with Gasteiger partial charge in [0, 0.05) is 24.8 Å².